The minimum atomic E-state index is -0.708. The van der Waals surface area contributed by atoms with Crippen LogP contribution in [0, 0.1) is 11.6 Å². The number of anilines is 1. The molecule has 2 aromatic carbocycles. The zero-order valence-corrected chi connectivity index (χ0v) is 18.1. The van der Waals surface area contributed by atoms with Gasteiger partial charge in [-0.15, -0.1) is 11.3 Å². The second kappa shape index (κ2) is 7.69. The number of piperazine rings is 1. The summed E-state index contributed by atoms with van der Waals surface area (Å²) in [5.41, 5.74) is 0.829. The number of thiazole rings is 1. The summed E-state index contributed by atoms with van der Waals surface area (Å²) in [5, 5.41) is 3.87. The summed E-state index contributed by atoms with van der Waals surface area (Å²) in [4.78, 5) is 19.6. The Labute approximate surface area is 181 Å². The van der Waals surface area contributed by atoms with Crippen LogP contribution in [0.2, 0.25) is 0 Å². The van der Waals surface area contributed by atoms with E-state index in [9.17, 15) is 4.79 Å². The first-order valence-corrected chi connectivity index (χ1v) is 11.2. The first-order chi connectivity index (χ1) is 15.0. The highest BCUT2D eigenvalue weighted by Crippen LogP contribution is 2.33. The number of aromatic nitrogens is 2. The van der Waals surface area contributed by atoms with E-state index in [0.29, 0.717) is 36.8 Å². The molecular weight excluding hydrogens is 418 g/mol. The van der Waals surface area contributed by atoms with E-state index in [-0.39, 0.29) is 22.6 Å². The van der Waals surface area contributed by atoms with Gasteiger partial charge in [0.2, 0.25) is 0 Å². The van der Waals surface area contributed by atoms with Gasteiger partial charge >= 0.3 is 0 Å². The summed E-state index contributed by atoms with van der Waals surface area (Å²) in [6.45, 7) is 5.95. The zero-order chi connectivity index (χ0) is 21.7. The molecule has 1 unspecified atom stereocenters. The van der Waals surface area contributed by atoms with E-state index in [4.69, 9.17) is 0 Å². The fraction of sp³-hybridized carbons (Fsp3) is 0.304. The molecule has 1 N–H and O–H groups in total. The lowest BCUT2D eigenvalue weighted by Crippen LogP contribution is -2.49. The van der Waals surface area contributed by atoms with Crippen LogP contribution in [0.4, 0.5) is 14.5 Å². The lowest BCUT2D eigenvalue weighted by Gasteiger charge is -2.34. The van der Waals surface area contributed by atoms with Crippen molar-refractivity contribution in [1.29, 1.82) is 0 Å². The maximum Gasteiger partial charge on any atom is 0.199 e. The number of hydrogen-bond donors (Lipinski definition) is 1. The number of halogens is 2. The second-order valence-electron chi connectivity index (χ2n) is 7.86. The van der Waals surface area contributed by atoms with E-state index in [1.54, 1.807) is 15.7 Å². The van der Waals surface area contributed by atoms with Gasteiger partial charge in [-0.3, -0.25) is 4.79 Å². The highest BCUT2D eigenvalue weighted by molar-refractivity contribution is 7.21. The smallest absolute Gasteiger partial charge is 0.199 e. The second-order valence-corrected chi connectivity index (χ2v) is 8.89. The van der Waals surface area contributed by atoms with Crippen LogP contribution in [0.15, 0.2) is 41.3 Å². The minimum Gasteiger partial charge on any atom is -0.364 e. The number of nitrogens with zero attached hydrogens (tertiary/aromatic N) is 3. The minimum absolute atomic E-state index is 0.0422. The van der Waals surface area contributed by atoms with Crippen molar-refractivity contribution in [2.45, 2.75) is 26.4 Å². The number of pyridine rings is 1. The van der Waals surface area contributed by atoms with Crippen molar-refractivity contribution < 1.29 is 8.78 Å². The number of hydrogen-bond acceptors (Lipinski definition) is 5. The Kier molecular flexibility index (Phi) is 4.98. The van der Waals surface area contributed by atoms with Crippen LogP contribution in [-0.4, -0.2) is 35.2 Å². The lowest BCUT2D eigenvalue weighted by molar-refractivity contribution is 0.470. The third kappa shape index (κ3) is 3.30. The summed E-state index contributed by atoms with van der Waals surface area (Å²) in [6, 6.07) is 8.94. The molecule has 3 heterocycles. The van der Waals surface area contributed by atoms with E-state index in [1.807, 2.05) is 38.1 Å². The molecular formula is C23H22F2N4OS. The molecule has 1 aliphatic rings. The lowest BCUT2D eigenvalue weighted by atomic mass is 10.1. The molecule has 0 saturated carbocycles. The van der Waals surface area contributed by atoms with Crippen LogP contribution < -0.4 is 15.6 Å². The number of fused-ring (bicyclic) bond motifs is 2. The molecule has 5 rings (SSSR count). The van der Waals surface area contributed by atoms with Crippen molar-refractivity contribution in [1.82, 2.24) is 14.9 Å². The third-order valence-electron chi connectivity index (χ3n) is 5.78. The Morgan fingerprint density at radius 2 is 2.10 bits per heavy atom. The monoisotopic (exact) mass is 440 g/mol. The summed E-state index contributed by atoms with van der Waals surface area (Å²) < 4.78 is 33.5. The predicted octanol–water partition coefficient (Wildman–Crippen LogP) is 4.37. The molecule has 1 aliphatic heterocycles. The van der Waals surface area contributed by atoms with Gasteiger partial charge in [0.25, 0.3) is 0 Å². The summed E-state index contributed by atoms with van der Waals surface area (Å²) in [5.74, 6) is -1.39. The van der Waals surface area contributed by atoms with Crippen molar-refractivity contribution >= 4 is 38.1 Å². The average Bonchev–Trinajstić information content (AvgIpc) is 3.18. The SMILES string of the molecule is CCn1cc(-c2nc3ccccc3s2)c(=O)c2cc(F)c(N3CCNC(C)C3)c(F)c21. The molecule has 2 aromatic heterocycles. The van der Waals surface area contributed by atoms with E-state index < -0.39 is 17.1 Å². The quantitative estimate of drug-likeness (QED) is 0.514. The topological polar surface area (TPSA) is 50.2 Å². The first kappa shape index (κ1) is 20.1. The van der Waals surface area contributed by atoms with Crippen LogP contribution in [0.3, 0.4) is 0 Å². The van der Waals surface area contributed by atoms with E-state index in [2.05, 4.69) is 10.3 Å². The molecule has 0 spiro atoms. The first-order valence-electron chi connectivity index (χ1n) is 10.4. The van der Waals surface area contributed by atoms with E-state index in [0.717, 1.165) is 10.2 Å². The van der Waals surface area contributed by atoms with Crippen molar-refractivity contribution in [2.75, 3.05) is 24.5 Å². The molecule has 5 nitrogen and oxygen atoms in total. The molecule has 1 atom stereocenters. The molecule has 0 amide bonds. The molecule has 0 bridgehead atoms. The summed E-state index contributed by atoms with van der Waals surface area (Å²) in [6.07, 6.45) is 1.65. The van der Waals surface area contributed by atoms with Gasteiger partial charge in [-0.25, -0.2) is 13.8 Å². The van der Waals surface area contributed by atoms with E-state index in [1.165, 1.54) is 17.4 Å². The highest BCUT2D eigenvalue weighted by Gasteiger charge is 2.26. The van der Waals surface area contributed by atoms with Crippen LogP contribution in [0.25, 0.3) is 31.7 Å². The Morgan fingerprint density at radius 1 is 1.29 bits per heavy atom. The molecule has 1 fully saturated rings. The van der Waals surface area contributed by atoms with Crippen LogP contribution in [0.5, 0.6) is 0 Å². The van der Waals surface area contributed by atoms with Crippen molar-refractivity contribution in [2.24, 2.45) is 0 Å². The van der Waals surface area contributed by atoms with Gasteiger partial charge in [-0.05, 0) is 32.0 Å². The Bertz CT molecular complexity index is 1330. The highest BCUT2D eigenvalue weighted by atomic mass is 32.1. The largest absolute Gasteiger partial charge is 0.364 e. The van der Waals surface area contributed by atoms with Crippen molar-refractivity contribution in [3.8, 4) is 10.6 Å². The maximum atomic E-state index is 15.7. The zero-order valence-electron chi connectivity index (χ0n) is 17.3. The number of aryl methyl sites for hydroxylation is 1. The number of nitrogens with one attached hydrogen (secondary N) is 1. The summed E-state index contributed by atoms with van der Waals surface area (Å²) >= 11 is 1.40. The normalized spacial score (nSPS) is 17.0. The average molecular weight is 441 g/mol. The van der Waals surface area contributed by atoms with Gasteiger partial charge in [0.15, 0.2) is 11.2 Å². The maximum absolute atomic E-state index is 15.7. The number of para-hydroxylation sites is 1. The Balaban J connectivity index is 1.74. The fourth-order valence-electron chi connectivity index (χ4n) is 4.29. The molecule has 160 valence electrons. The Hall–Kier alpha value is -2.84. The number of rotatable bonds is 3. The third-order valence-corrected chi connectivity index (χ3v) is 6.85. The van der Waals surface area contributed by atoms with Gasteiger partial charge in [0.05, 0.1) is 26.7 Å². The van der Waals surface area contributed by atoms with Gasteiger partial charge < -0.3 is 14.8 Å². The Morgan fingerprint density at radius 3 is 2.84 bits per heavy atom. The van der Waals surface area contributed by atoms with Gasteiger partial charge in [0.1, 0.15) is 16.5 Å². The summed E-state index contributed by atoms with van der Waals surface area (Å²) in [7, 11) is 0. The molecule has 4 aromatic rings. The molecule has 8 heteroatoms. The van der Waals surface area contributed by atoms with Gasteiger partial charge in [0, 0.05) is 38.4 Å². The van der Waals surface area contributed by atoms with Crippen LogP contribution >= 0.6 is 11.3 Å². The molecule has 31 heavy (non-hydrogen) atoms. The van der Waals surface area contributed by atoms with E-state index >= 15 is 8.78 Å². The molecule has 1 saturated heterocycles. The standard InChI is InChI=1S/C23H22F2N4OS/c1-3-28-12-15(23-27-17-6-4-5-7-18(17)31-23)22(30)14-10-16(24)21(19(25)20(14)28)29-9-8-26-13(2)11-29/h4-7,10,12-13,26H,3,8-9,11H2,1-2H3. The van der Waals surface area contributed by atoms with Crippen molar-refractivity contribution in [3.63, 3.8) is 0 Å². The van der Waals surface area contributed by atoms with Crippen LogP contribution in [0.1, 0.15) is 13.8 Å². The number of benzene rings is 2. The van der Waals surface area contributed by atoms with Crippen LogP contribution in [-0.2, 0) is 6.54 Å². The molecule has 0 radical (unpaired) electrons. The molecule has 0 aliphatic carbocycles. The fourth-order valence-corrected chi connectivity index (χ4v) is 5.26. The van der Waals surface area contributed by atoms with Gasteiger partial charge in [-0.2, -0.15) is 0 Å². The van der Waals surface area contributed by atoms with Gasteiger partial charge in [-0.1, -0.05) is 12.1 Å². The predicted molar refractivity (Wildman–Crippen MR) is 122 cm³/mol. The van der Waals surface area contributed by atoms with Crippen molar-refractivity contribution in [3.05, 3.63) is 58.4 Å².